The van der Waals surface area contributed by atoms with E-state index < -0.39 is 0 Å². The quantitative estimate of drug-likeness (QED) is 0.174. The van der Waals surface area contributed by atoms with E-state index in [1.807, 2.05) is 24.3 Å². The molecule has 0 aliphatic heterocycles. The molecule has 0 nitrogen and oxygen atoms in total. The molecule has 0 aliphatic rings. The molecule has 10 rings (SSSR count). The van der Waals surface area contributed by atoms with Crippen LogP contribution in [0.15, 0.2) is 182 Å². The normalized spacial score (nSPS) is 12.9. The lowest BCUT2D eigenvalue weighted by molar-refractivity contribution is 1.62. The summed E-state index contributed by atoms with van der Waals surface area (Å²) in [4.78, 5) is 0. The molecular weight excluding hydrogens is 577 g/mol. The highest BCUT2D eigenvalue weighted by Gasteiger charge is 2.15. The second-order valence-electron chi connectivity index (χ2n) is 12.5. The largest absolute Gasteiger partial charge is 0.0630 e. The number of benzene rings is 10. The molecule has 0 aromatic heterocycles. The van der Waals surface area contributed by atoms with Gasteiger partial charge in [-0.3, -0.25) is 0 Å². The van der Waals surface area contributed by atoms with Crippen molar-refractivity contribution < 1.29 is 5.48 Å². The summed E-state index contributed by atoms with van der Waals surface area (Å²) in [5.41, 5.74) is 8.11. The standard InChI is InChI=1S/C48H30/c1-3-11-39-31(7-1)9-5-13-41(39)33-15-19-35(20-16-33)43-27-23-37-26-30-46-44(28-24-38-25-29-45(43)47(37)48(38)46)36-21-17-34(18-22-36)42-14-6-10-32-8-2-4-12-40(32)42/h1-30H/i25D,26D,29D,30D. The Morgan fingerprint density at radius 1 is 0.250 bits per heavy atom. The Hall–Kier alpha value is -6.24. The van der Waals surface area contributed by atoms with Crippen LogP contribution >= 0.6 is 0 Å². The molecule has 0 spiro atoms. The van der Waals surface area contributed by atoms with Crippen molar-refractivity contribution in [3.8, 4) is 44.5 Å². The molecule has 0 radical (unpaired) electrons. The number of rotatable bonds is 4. The van der Waals surface area contributed by atoms with Crippen LogP contribution in [0.25, 0.3) is 98.4 Å². The molecule has 0 bridgehead atoms. The van der Waals surface area contributed by atoms with E-state index in [0.717, 1.165) is 55.3 Å². The van der Waals surface area contributed by atoms with Gasteiger partial charge in [-0.05, 0) is 98.4 Å². The maximum Gasteiger partial charge on any atom is 0.0630 e. The molecule has 10 aromatic carbocycles. The fourth-order valence-corrected chi connectivity index (χ4v) is 7.55. The Morgan fingerprint density at radius 3 is 1.02 bits per heavy atom. The Bertz CT molecular complexity index is 2810. The Labute approximate surface area is 285 Å². The van der Waals surface area contributed by atoms with Crippen molar-refractivity contribution in [3.05, 3.63) is 182 Å². The monoisotopic (exact) mass is 610 g/mol. The first-order valence-electron chi connectivity index (χ1n) is 18.4. The van der Waals surface area contributed by atoms with Gasteiger partial charge in [0.15, 0.2) is 0 Å². The predicted octanol–water partition coefficient (Wildman–Crippen LogP) is 13.6. The summed E-state index contributed by atoms with van der Waals surface area (Å²) in [5.74, 6) is 0. The zero-order valence-electron chi connectivity index (χ0n) is 30.0. The van der Waals surface area contributed by atoms with Crippen molar-refractivity contribution in [1.82, 2.24) is 0 Å². The van der Waals surface area contributed by atoms with Crippen LogP contribution in [0.1, 0.15) is 5.48 Å². The molecule has 0 heteroatoms. The first kappa shape index (κ1) is 23.1. The van der Waals surface area contributed by atoms with Crippen molar-refractivity contribution >= 4 is 53.9 Å². The molecule has 0 saturated heterocycles. The highest BCUT2D eigenvalue weighted by atomic mass is 14.2. The second-order valence-corrected chi connectivity index (χ2v) is 12.5. The Kier molecular flexibility index (Phi) is 5.14. The average Bonchev–Trinajstić information content (AvgIpc) is 3.20. The zero-order valence-corrected chi connectivity index (χ0v) is 26.0. The molecule has 0 atom stereocenters. The highest BCUT2D eigenvalue weighted by molar-refractivity contribution is 6.27. The lowest BCUT2D eigenvalue weighted by Crippen LogP contribution is -1.90. The third-order valence-corrected chi connectivity index (χ3v) is 9.90. The van der Waals surface area contributed by atoms with Gasteiger partial charge in [0.05, 0.1) is 5.48 Å². The minimum atomic E-state index is 0.133. The third-order valence-electron chi connectivity index (χ3n) is 9.90. The molecule has 0 aliphatic carbocycles. The molecule has 0 fully saturated rings. The van der Waals surface area contributed by atoms with Gasteiger partial charge < -0.3 is 0 Å². The van der Waals surface area contributed by atoms with Gasteiger partial charge in [0, 0.05) is 0 Å². The number of hydrogen-bond acceptors (Lipinski definition) is 0. The molecule has 0 N–H and O–H groups in total. The molecule has 0 saturated carbocycles. The van der Waals surface area contributed by atoms with Crippen LogP contribution in [0, 0.1) is 0 Å². The Morgan fingerprint density at radius 2 is 0.604 bits per heavy atom. The van der Waals surface area contributed by atoms with Gasteiger partial charge in [-0.15, -0.1) is 0 Å². The third kappa shape index (κ3) is 4.16. The van der Waals surface area contributed by atoms with Crippen molar-refractivity contribution in [2.75, 3.05) is 0 Å². The van der Waals surface area contributed by atoms with Crippen molar-refractivity contribution in [3.63, 3.8) is 0 Å². The predicted molar refractivity (Wildman–Crippen MR) is 207 cm³/mol. The summed E-state index contributed by atoms with van der Waals surface area (Å²) >= 11 is 0. The Balaban J connectivity index is 1.16. The highest BCUT2D eigenvalue weighted by Crippen LogP contribution is 2.43. The zero-order chi connectivity index (χ0) is 35.1. The SMILES string of the molecule is [2H]c1c([2H])c2c(-c3ccc(-c4cccc5ccccc45)cc3)ccc3c([2H])c([2H])c4c(-c5ccc(-c6cccc7ccccc67)cc5)ccc1c4c32. The van der Waals surface area contributed by atoms with E-state index in [0.29, 0.717) is 21.5 Å². The van der Waals surface area contributed by atoms with Gasteiger partial charge in [-0.1, -0.05) is 182 Å². The first-order chi connectivity index (χ1) is 25.5. The van der Waals surface area contributed by atoms with E-state index >= 15 is 0 Å². The smallest absolute Gasteiger partial charge is 0.0616 e. The van der Waals surface area contributed by atoms with Gasteiger partial charge in [0.25, 0.3) is 0 Å². The van der Waals surface area contributed by atoms with Crippen LogP contribution in [0.3, 0.4) is 0 Å². The molecular formula is C48H30. The first-order valence-corrected chi connectivity index (χ1v) is 16.4. The van der Waals surface area contributed by atoms with Crippen molar-refractivity contribution in [2.45, 2.75) is 0 Å². The van der Waals surface area contributed by atoms with Gasteiger partial charge in [0.1, 0.15) is 0 Å². The maximum absolute atomic E-state index is 9.30. The van der Waals surface area contributed by atoms with E-state index in [4.69, 9.17) is 0 Å². The lowest BCUT2D eigenvalue weighted by Gasteiger charge is -2.17. The summed E-state index contributed by atoms with van der Waals surface area (Å²) in [7, 11) is 0. The fraction of sp³-hybridized carbons (Fsp3) is 0. The van der Waals surface area contributed by atoms with Crippen LogP contribution < -0.4 is 0 Å². The summed E-state index contributed by atoms with van der Waals surface area (Å²) in [5, 5.41) is 8.88. The van der Waals surface area contributed by atoms with E-state index in [9.17, 15) is 5.48 Å². The van der Waals surface area contributed by atoms with Gasteiger partial charge >= 0.3 is 0 Å². The van der Waals surface area contributed by atoms with Gasteiger partial charge in [-0.25, -0.2) is 0 Å². The number of hydrogen-bond donors (Lipinski definition) is 0. The van der Waals surface area contributed by atoms with Gasteiger partial charge in [0.2, 0.25) is 0 Å². The van der Waals surface area contributed by atoms with Gasteiger partial charge in [-0.2, -0.15) is 0 Å². The van der Waals surface area contributed by atoms with Crippen LogP contribution in [0.2, 0.25) is 0 Å². The topological polar surface area (TPSA) is 0 Å². The van der Waals surface area contributed by atoms with E-state index in [1.165, 1.54) is 21.5 Å². The van der Waals surface area contributed by atoms with Crippen molar-refractivity contribution in [2.24, 2.45) is 0 Å². The minimum Gasteiger partial charge on any atom is -0.0616 e. The minimum absolute atomic E-state index is 0.133. The summed E-state index contributed by atoms with van der Waals surface area (Å²) in [6.07, 6.45) is 0. The van der Waals surface area contributed by atoms with Crippen LogP contribution in [0.5, 0.6) is 0 Å². The van der Waals surface area contributed by atoms with E-state index in [-0.39, 0.29) is 24.2 Å². The molecule has 48 heavy (non-hydrogen) atoms. The second kappa shape index (κ2) is 10.7. The van der Waals surface area contributed by atoms with E-state index in [1.54, 1.807) is 0 Å². The van der Waals surface area contributed by atoms with Crippen molar-refractivity contribution in [1.29, 1.82) is 0 Å². The maximum atomic E-state index is 9.30. The van der Waals surface area contributed by atoms with Crippen LogP contribution in [-0.4, -0.2) is 0 Å². The van der Waals surface area contributed by atoms with Crippen LogP contribution in [-0.2, 0) is 0 Å². The molecule has 10 aromatic rings. The number of fused-ring (bicyclic) bond motifs is 2. The summed E-state index contributed by atoms with van der Waals surface area (Å²) in [6.45, 7) is 0. The molecule has 222 valence electrons. The summed E-state index contributed by atoms with van der Waals surface area (Å²) < 4.78 is 37.0. The lowest BCUT2D eigenvalue weighted by atomic mass is 9.86. The van der Waals surface area contributed by atoms with E-state index in [2.05, 4.69) is 133 Å². The molecule has 0 amide bonds. The molecule has 0 unspecified atom stereocenters. The van der Waals surface area contributed by atoms with Crippen LogP contribution in [0.4, 0.5) is 0 Å². The molecule has 0 heterocycles. The average molecular weight is 611 g/mol. The summed E-state index contributed by atoms with van der Waals surface area (Å²) in [6, 6.07) is 54.6. The fourth-order valence-electron chi connectivity index (χ4n) is 7.55.